The number of benzene rings is 1. The second kappa shape index (κ2) is 8.27. The first kappa shape index (κ1) is 16.9. The first-order chi connectivity index (χ1) is 11.0. The van der Waals surface area contributed by atoms with Crippen molar-refractivity contribution in [1.29, 1.82) is 0 Å². The average Bonchev–Trinajstić information content (AvgIpc) is 2.53. The third-order valence-electron chi connectivity index (χ3n) is 3.30. The molecule has 0 aliphatic carbocycles. The van der Waals surface area contributed by atoms with Gasteiger partial charge in [-0.2, -0.15) is 0 Å². The van der Waals surface area contributed by atoms with Gasteiger partial charge in [-0.05, 0) is 30.9 Å². The molecule has 2 N–H and O–H groups in total. The van der Waals surface area contributed by atoms with Crippen LogP contribution in [0.1, 0.15) is 35.6 Å². The van der Waals surface area contributed by atoms with Crippen LogP contribution in [-0.4, -0.2) is 29.0 Å². The number of hydrogen-bond donors (Lipinski definition) is 2. The van der Waals surface area contributed by atoms with Gasteiger partial charge in [0.2, 0.25) is 5.95 Å². The van der Waals surface area contributed by atoms with E-state index in [0.29, 0.717) is 24.1 Å². The molecule has 0 atom stereocenters. The molecular weight excluding hydrogens is 288 g/mol. The maximum atomic E-state index is 12.1. The van der Waals surface area contributed by atoms with E-state index >= 15 is 0 Å². The van der Waals surface area contributed by atoms with Gasteiger partial charge in [-0.1, -0.05) is 44.2 Å². The summed E-state index contributed by atoms with van der Waals surface area (Å²) in [4.78, 5) is 20.8. The van der Waals surface area contributed by atoms with Gasteiger partial charge >= 0.3 is 0 Å². The molecule has 2 aromatic rings. The first-order valence-electron chi connectivity index (χ1n) is 7.96. The molecular formula is C18H24N4O. The molecule has 0 unspecified atom stereocenters. The quantitative estimate of drug-likeness (QED) is 0.825. The Labute approximate surface area is 137 Å². The van der Waals surface area contributed by atoms with Crippen LogP contribution >= 0.6 is 0 Å². The molecule has 0 spiro atoms. The molecule has 23 heavy (non-hydrogen) atoms. The number of amides is 1. The topological polar surface area (TPSA) is 66.9 Å². The number of anilines is 1. The molecule has 1 amide bonds. The summed E-state index contributed by atoms with van der Waals surface area (Å²) in [6.45, 7) is 7.34. The summed E-state index contributed by atoms with van der Waals surface area (Å²) in [7, 11) is 0. The van der Waals surface area contributed by atoms with E-state index in [1.165, 1.54) is 5.56 Å². The number of carbonyl (C=O) groups excluding carboxylic acids is 1. The van der Waals surface area contributed by atoms with Gasteiger partial charge in [-0.25, -0.2) is 9.97 Å². The fraction of sp³-hybridized carbons (Fsp3) is 0.389. The van der Waals surface area contributed by atoms with Gasteiger partial charge < -0.3 is 10.6 Å². The van der Waals surface area contributed by atoms with E-state index in [4.69, 9.17) is 0 Å². The van der Waals surface area contributed by atoms with Crippen molar-refractivity contribution in [2.24, 2.45) is 5.92 Å². The van der Waals surface area contributed by atoms with Crippen LogP contribution in [0.2, 0.25) is 0 Å². The van der Waals surface area contributed by atoms with Crippen LogP contribution in [0.25, 0.3) is 0 Å². The summed E-state index contributed by atoms with van der Waals surface area (Å²) < 4.78 is 0. The molecule has 0 saturated heterocycles. The highest BCUT2D eigenvalue weighted by molar-refractivity contribution is 5.92. The van der Waals surface area contributed by atoms with Crippen LogP contribution in [0.4, 0.5) is 5.95 Å². The molecule has 5 nitrogen and oxygen atoms in total. The van der Waals surface area contributed by atoms with Crippen molar-refractivity contribution in [2.45, 2.75) is 27.2 Å². The molecule has 0 aliphatic rings. The van der Waals surface area contributed by atoms with Crippen LogP contribution in [0.3, 0.4) is 0 Å². The molecule has 122 valence electrons. The smallest absolute Gasteiger partial charge is 0.270 e. The summed E-state index contributed by atoms with van der Waals surface area (Å²) in [5, 5.41) is 6.07. The Morgan fingerprint density at radius 3 is 2.61 bits per heavy atom. The van der Waals surface area contributed by atoms with Crippen LogP contribution < -0.4 is 10.6 Å². The van der Waals surface area contributed by atoms with Crippen LogP contribution in [0.5, 0.6) is 0 Å². The summed E-state index contributed by atoms with van der Waals surface area (Å²) in [6.07, 6.45) is 0.882. The number of aromatic nitrogens is 2. The molecule has 1 aromatic heterocycles. The van der Waals surface area contributed by atoms with Crippen LogP contribution in [0, 0.1) is 12.8 Å². The number of aryl methyl sites for hydroxylation is 1. The van der Waals surface area contributed by atoms with E-state index in [0.717, 1.165) is 18.7 Å². The maximum Gasteiger partial charge on any atom is 0.270 e. The van der Waals surface area contributed by atoms with Crippen molar-refractivity contribution >= 4 is 11.9 Å². The highest BCUT2D eigenvalue weighted by Crippen LogP contribution is 2.06. The lowest BCUT2D eigenvalue weighted by molar-refractivity contribution is 0.0944. The second-order valence-corrected chi connectivity index (χ2v) is 5.98. The number of rotatable bonds is 7. The van der Waals surface area contributed by atoms with Gasteiger partial charge in [0, 0.05) is 18.8 Å². The molecule has 0 fully saturated rings. The Morgan fingerprint density at radius 1 is 1.17 bits per heavy atom. The lowest BCUT2D eigenvalue weighted by atomic mass is 10.1. The van der Waals surface area contributed by atoms with Gasteiger partial charge in [0.05, 0.1) is 0 Å². The minimum absolute atomic E-state index is 0.157. The normalized spacial score (nSPS) is 10.6. The molecule has 0 aliphatic heterocycles. The van der Waals surface area contributed by atoms with Crippen molar-refractivity contribution in [1.82, 2.24) is 15.3 Å². The minimum Gasteiger partial charge on any atom is -0.354 e. The zero-order chi connectivity index (χ0) is 16.7. The van der Waals surface area contributed by atoms with E-state index in [1.807, 2.05) is 25.1 Å². The van der Waals surface area contributed by atoms with Crippen molar-refractivity contribution < 1.29 is 4.79 Å². The Hall–Kier alpha value is -2.43. The Balaban J connectivity index is 1.95. The zero-order valence-corrected chi connectivity index (χ0v) is 14.0. The molecule has 0 bridgehead atoms. The van der Waals surface area contributed by atoms with E-state index < -0.39 is 0 Å². The third-order valence-corrected chi connectivity index (χ3v) is 3.30. The van der Waals surface area contributed by atoms with Crippen molar-refractivity contribution in [2.75, 3.05) is 18.4 Å². The summed E-state index contributed by atoms with van der Waals surface area (Å²) >= 11 is 0. The molecule has 5 heteroatoms. The van der Waals surface area contributed by atoms with Gasteiger partial charge in [0.1, 0.15) is 5.69 Å². The zero-order valence-electron chi connectivity index (χ0n) is 14.0. The number of nitrogens with zero attached hydrogens (tertiary/aromatic N) is 2. The molecule has 0 radical (unpaired) electrons. The fourth-order valence-corrected chi connectivity index (χ4v) is 2.11. The lowest BCUT2D eigenvalue weighted by Gasteiger charge is -2.10. The maximum absolute atomic E-state index is 12.1. The fourth-order valence-electron chi connectivity index (χ4n) is 2.11. The molecule has 1 heterocycles. The average molecular weight is 312 g/mol. The summed E-state index contributed by atoms with van der Waals surface area (Å²) in [5.74, 6) is 0.747. The van der Waals surface area contributed by atoms with Crippen LogP contribution in [-0.2, 0) is 6.42 Å². The van der Waals surface area contributed by atoms with E-state index in [2.05, 4.69) is 46.6 Å². The molecule has 2 rings (SSSR count). The predicted molar refractivity (Wildman–Crippen MR) is 92.6 cm³/mol. The van der Waals surface area contributed by atoms with E-state index in [-0.39, 0.29) is 5.91 Å². The van der Waals surface area contributed by atoms with Crippen molar-refractivity contribution in [3.05, 3.63) is 53.3 Å². The molecule has 0 saturated carbocycles. The summed E-state index contributed by atoms with van der Waals surface area (Å²) in [6, 6.07) is 11.9. The SMILES string of the molecule is Cc1cc(C(=O)NCC(C)C)nc(NCCc2ccccc2)n1. The molecule has 1 aromatic carbocycles. The first-order valence-corrected chi connectivity index (χ1v) is 7.96. The lowest BCUT2D eigenvalue weighted by Crippen LogP contribution is -2.28. The highest BCUT2D eigenvalue weighted by Gasteiger charge is 2.10. The van der Waals surface area contributed by atoms with Gasteiger partial charge in [-0.3, -0.25) is 4.79 Å². The second-order valence-electron chi connectivity index (χ2n) is 5.98. The largest absolute Gasteiger partial charge is 0.354 e. The number of carbonyl (C=O) groups is 1. The van der Waals surface area contributed by atoms with E-state index in [1.54, 1.807) is 6.07 Å². The van der Waals surface area contributed by atoms with Gasteiger partial charge in [-0.15, -0.1) is 0 Å². The highest BCUT2D eigenvalue weighted by atomic mass is 16.1. The Morgan fingerprint density at radius 2 is 1.91 bits per heavy atom. The Kier molecular flexibility index (Phi) is 6.09. The van der Waals surface area contributed by atoms with Crippen LogP contribution in [0.15, 0.2) is 36.4 Å². The summed E-state index contributed by atoms with van der Waals surface area (Å²) in [5.41, 5.74) is 2.43. The van der Waals surface area contributed by atoms with Gasteiger partial charge in [0.15, 0.2) is 0 Å². The van der Waals surface area contributed by atoms with Crippen molar-refractivity contribution in [3.8, 4) is 0 Å². The third kappa shape index (κ3) is 5.70. The standard InChI is InChI=1S/C18H24N4O/c1-13(2)12-20-17(23)16-11-14(3)21-18(22-16)19-10-9-15-7-5-4-6-8-15/h4-8,11,13H,9-10,12H2,1-3H3,(H,20,23)(H,19,21,22). The monoisotopic (exact) mass is 312 g/mol. The predicted octanol–water partition coefficient (Wildman–Crippen LogP) is 2.83. The number of hydrogen-bond acceptors (Lipinski definition) is 4. The van der Waals surface area contributed by atoms with E-state index in [9.17, 15) is 4.79 Å². The van der Waals surface area contributed by atoms with Crippen molar-refractivity contribution in [3.63, 3.8) is 0 Å². The minimum atomic E-state index is -0.157. The van der Waals surface area contributed by atoms with Gasteiger partial charge in [0.25, 0.3) is 5.91 Å². The number of nitrogens with one attached hydrogen (secondary N) is 2. The Bertz CT molecular complexity index is 641.